The fraction of sp³-hybridized carbons (Fsp3) is 0.688. The molecule has 4 heteroatoms. The van der Waals surface area contributed by atoms with Gasteiger partial charge in [-0.25, -0.2) is 0 Å². The molecule has 2 N–H and O–H groups in total. The molecule has 0 aromatic carbocycles. The van der Waals surface area contributed by atoms with Crippen molar-refractivity contribution < 1.29 is 9.84 Å². The highest BCUT2D eigenvalue weighted by molar-refractivity contribution is 5.41. The molecule has 0 amide bonds. The Morgan fingerprint density at radius 1 is 1.35 bits per heavy atom. The zero-order chi connectivity index (χ0) is 15.2. The van der Waals surface area contributed by atoms with Crippen molar-refractivity contribution in [3.05, 3.63) is 23.0 Å². The molecule has 0 fully saturated rings. The lowest BCUT2D eigenvalue weighted by Crippen LogP contribution is -2.33. The van der Waals surface area contributed by atoms with Crippen LogP contribution in [0.15, 0.2) is 6.20 Å². The Balaban J connectivity index is 2.71. The Morgan fingerprint density at radius 2 is 2.05 bits per heavy atom. The maximum absolute atomic E-state index is 10.5. The Kier molecular flexibility index (Phi) is 6.43. The molecule has 0 saturated carbocycles. The van der Waals surface area contributed by atoms with Gasteiger partial charge in [-0.2, -0.15) is 0 Å². The van der Waals surface area contributed by atoms with Crippen LogP contribution in [0.25, 0.3) is 0 Å². The zero-order valence-corrected chi connectivity index (χ0v) is 13.4. The van der Waals surface area contributed by atoms with Crippen molar-refractivity contribution in [3.8, 4) is 5.75 Å². The Morgan fingerprint density at radius 3 is 2.65 bits per heavy atom. The molecule has 0 saturated heterocycles. The number of pyridine rings is 1. The average molecular weight is 280 g/mol. The van der Waals surface area contributed by atoms with Crippen LogP contribution in [0.5, 0.6) is 5.75 Å². The minimum Gasteiger partial charge on any atom is -0.496 e. The molecule has 20 heavy (non-hydrogen) atoms. The number of nitrogens with zero attached hydrogens (tertiary/aromatic N) is 1. The van der Waals surface area contributed by atoms with Crippen molar-refractivity contribution >= 4 is 0 Å². The van der Waals surface area contributed by atoms with Gasteiger partial charge in [-0.05, 0) is 46.7 Å². The van der Waals surface area contributed by atoms with Crippen LogP contribution in [0.1, 0.15) is 43.5 Å². The molecule has 1 rings (SSSR count). The van der Waals surface area contributed by atoms with Gasteiger partial charge in [-0.3, -0.25) is 4.98 Å². The van der Waals surface area contributed by atoms with Crippen molar-refractivity contribution in [2.24, 2.45) is 0 Å². The Hall–Kier alpha value is -1.13. The summed E-state index contributed by atoms with van der Waals surface area (Å²) in [4.78, 5) is 4.46. The third kappa shape index (κ3) is 4.76. The van der Waals surface area contributed by atoms with Crippen LogP contribution in [0, 0.1) is 13.8 Å². The van der Waals surface area contributed by atoms with Gasteiger partial charge in [-0.15, -0.1) is 0 Å². The largest absolute Gasteiger partial charge is 0.496 e. The van der Waals surface area contributed by atoms with Crippen LogP contribution in [0.2, 0.25) is 0 Å². The summed E-state index contributed by atoms with van der Waals surface area (Å²) in [5.41, 5.74) is 2.21. The van der Waals surface area contributed by atoms with E-state index in [1.807, 2.05) is 27.0 Å². The quantitative estimate of drug-likeness (QED) is 0.718. The number of hydrogen-bond acceptors (Lipinski definition) is 4. The van der Waals surface area contributed by atoms with Gasteiger partial charge in [0.1, 0.15) is 5.75 Å². The van der Waals surface area contributed by atoms with E-state index in [9.17, 15) is 5.11 Å². The van der Waals surface area contributed by atoms with Crippen molar-refractivity contribution in [2.75, 3.05) is 20.2 Å². The first kappa shape index (κ1) is 16.9. The van der Waals surface area contributed by atoms with Gasteiger partial charge in [0.15, 0.2) is 0 Å². The SMILES string of the molecule is CCCNCCC(C)(O)Cc1ncc(C)c(OC)c1C. The van der Waals surface area contributed by atoms with E-state index in [2.05, 4.69) is 17.2 Å². The summed E-state index contributed by atoms with van der Waals surface area (Å²) >= 11 is 0. The van der Waals surface area contributed by atoms with Gasteiger partial charge in [0.05, 0.1) is 12.7 Å². The monoisotopic (exact) mass is 280 g/mol. The van der Waals surface area contributed by atoms with E-state index < -0.39 is 5.60 Å². The van der Waals surface area contributed by atoms with Gasteiger partial charge < -0.3 is 15.2 Å². The second kappa shape index (κ2) is 7.60. The molecule has 0 spiro atoms. The maximum atomic E-state index is 10.5. The second-order valence-corrected chi connectivity index (χ2v) is 5.72. The first-order valence-electron chi connectivity index (χ1n) is 7.33. The summed E-state index contributed by atoms with van der Waals surface area (Å²) in [5, 5.41) is 13.8. The number of rotatable bonds is 8. The van der Waals surface area contributed by atoms with Crippen LogP contribution in [0.3, 0.4) is 0 Å². The van der Waals surface area contributed by atoms with E-state index in [1.165, 1.54) is 0 Å². The van der Waals surface area contributed by atoms with Crippen LogP contribution in [-0.4, -0.2) is 35.9 Å². The second-order valence-electron chi connectivity index (χ2n) is 5.72. The molecule has 1 aromatic heterocycles. The minimum absolute atomic E-state index is 0.545. The zero-order valence-electron chi connectivity index (χ0n) is 13.4. The molecule has 0 aliphatic carbocycles. The summed E-state index contributed by atoms with van der Waals surface area (Å²) in [6, 6.07) is 0. The highest BCUT2D eigenvalue weighted by Gasteiger charge is 2.23. The van der Waals surface area contributed by atoms with Gasteiger partial charge in [0.25, 0.3) is 0 Å². The molecule has 4 nitrogen and oxygen atoms in total. The topological polar surface area (TPSA) is 54.4 Å². The van der Waals surface area contributed by atoms with Gasteiger partial charge in [0.2, 0.25) is 0 Å². The van der Waals surface area contributed by atoms with E-state index in [-0.39, 0.29) is 0 Å². The highest BCUT2D eigenvalue weighted by Crippen LogP contribution is 2.27. The number of methoxy groups -OCH3 is 1. The first-order valence-corrected chi connectivity index (χ1v) is 7.33. The maximum Gasteiger partial charge on any atom is 0.128 e. The minimum atomic E-state index is -0.751. The standard InChI is InChI=1S/C16H28N2O2/c1-6-8-17-9-7-16(4,19)10-14-13(3)15(20-5)12(2)11-18-14/h11,17,19H,6-10H2,1-5H3. The number of aryl methyl sites for hydroxylation is 1. The van der Waals surface area contributed by atoms with Crippen molar-refractivity contribution in [2.45, 2.75) is 52.6 Å². The summed E-state index contributed by atoms with van der Waals surface area (Å²) in [6.07, 6.45) is 4.18. The highest BCUT2D eigenvalue weighted by atomic mass is 16.5. The molecule has 1 atom stereocenters. The van der Waals surface area contributed by atoms with E-state index in [1.54, 1.807) is 7.11 Å². The molecule has 1 unspecified atom stereocenters. The molecule has 0 aliphatic heterocycles. The number of ether oxygens (including phenoxy) is 1. The van der Waals surface area contributed by atoms with Crippen LogP contribution in [0.4, 0.5) is 0 Å². The van der Waals surface area contributed by atoms with Crippen LogP contribution >= 0.6 is 0 Å². The van der Waals surface area contributed by atoms with E-state index in [4.69, 9.17) is 4.74 Å². The lowest BCUT2D eigenvalue weighted by atomic mass is 9.93. The van der Waals surface area contributed by atoms with E-state index in [0.29, 0.717) is 12.8 Å². The number of aromatic nitrogens is 1. The van der Waals surface area contributed by atoms with Crippen molar-refractivity contribution in [3.63, 3.8) is 0 Å². The number of hydrogen-bond donors (Lipinski definition) is 2. The molecule has 114 valence electrons. The third-order valence-corrected chi connectivity index (χ3v) is 3.57. The predicted molar refractivity (Wildman–Crippen MR) is 82.4 cm³/mol. The fourth-order valence-corrected chi connectivity index (χ4v) is 2.36. The first-order chi connectivity index (χ1) is 9.41. The molecular formula is C16H28N2O2. The van der Waals surface area contributed by atoms with Gasteiger partial charge in [-0.1, -0.05) is 6.92 Å². The average Bonchev–Trinajstić information content (AvgIpc) is 2.39. The van der Waals surface area contributed by atoms with E-state index >= 15 is 0 Å². The summed E-state index contributed by atoms with van der Waals surface area (Å²) in [6.45, 7) is 9.80. The van der Waals surface area contributed by atoms with Crippen molar-refractivity contribution in [1.82, 2.24) is 10.3 Å². The summed E-state index contributed by atoms with van der Waals surface area (Å²) in [5.74, 6) is 0.870. The fourth-order valence-electron chi connectivity index (χ4n) is 2.36. The third-order valence-electron chi connectivity index (χ3n) is 3.57. The number of nitrogens with one attached hydrogen (secondary N) is 1. The van der Waals surface area contributed by atoms with Crippen LogP contribution in [-0.2, 0) is 6.42 Å². The van der Waals surface area contributed by atoms with Gasteiger partial charge in [0, 0.05) is 29.4 Å². The Labute approximate surface area is 122 Å². The number of aliphatic hydroxyl groups is 1. The molecular weight excluding hydrogens is 252 g/mol. The molecule has 0 bridgehead atoms. The smallest absolute Gasteiger partial charge is 0.128 e. The summed E-state index contributed by atoms with van der Waals surface area (Å²) < 4.78 is 5.41. The Bertz CT molecular complexity index is 431. The lowest BCUT2D eigenvalue weighted by molar-refractivity contribution is 0.0504. The normalized spacial score (nSPS) is 14.1. The van der Waals surface area contributed by atoms with Crippen LogP contribution < -0.4 is 10.1 Å². The molecule has 1 heterocycles. The predicted octanol–water partition coefficient (Wildman–Crippen LogP) is 2.39. The van der Waals surface area contributed by atoms with Gasteiger partial charge >= 0.3 is 0 Å². The van der Waals surface area contributed by atoms with Crippen molar-refractivity contribution in [1.29, 1.82) is 0 Å². The van der Waals surface area contributed by atoms with E-state index in [0.717, 1.165) is 42.1 Å². The summed E-state index contributed by atoms with van der Waals surface area (Å²) in [7, 11) is 1.67. The molecule has 0 radical (unpaired) electrons. The lowest BCUT2D eigenvalue weighted by Gasteiger charge is -2.24. The molecule has 0 aliphatic rings. The molecule has 1 aromatic rings.